The van der Waals surface area contributed by atoms with Crippen molar-refractivity contribution in [1.82, 2.24) is 0 Å². The van der Waals surface area contributed by atoms with Gasteiger partial charge in [-0.15, -0.1) is 13.2 Å². The van der Waals surface area contributed by atoms with E-state index in [1.807, 2.05) is 24.3 Å². The molecule has 0 radical (unpaired) electrons. The lowest BCUT2D eigenvalue weighted by atomic mass is 10.3. The van der Waals surface area contributed by atoms with E-state index in [2.05, 4.69) is 13.2 Å². The second kappa shape index (κ2) is 10.8. The maximum absolute atomic E-state index is 5.01. The highest BCUT2D eigenvalue weighted by molar-refractivity contribution is 5.38. The minimum absolute atomic E-state index is 0.617. The summed E-state index contributed by atoms with van der Waals surface area (Å²) >= 11 is 0. The molecule has 1 aromatic carbocycles. The average Bonchev–Trinajstić information content (AvgIpc) is 2.40. The van der Waals surface area contributed by atoms with Crippen molar-refractivity contribution in [3.63, 3.8) is 0 Å². The van der Waals surface area contributed by atoms with E-state index in [0.717, 1.165) is 11.5 Å². The van der Waals surface area contributed by atoms with Crippen LogP contribution in [0.25, 0.3) is 0 Å². The maximum Gasteiger partial charge on any atom is 0.160 e. The summed E-state index contributed by atoms with van der Waals surface area (Å²) < 4.78 is 14.9. The van der Waals surface area contributed by atoms with Gasteiger partial charge in [0.2, 0.25) is 0 Å². The minimum Gasteiger partial charge on any atom is -0.493 e. The van der Waals surface area contributed by atoms with Gasteiger partial charge in [-0.05, 0) is 12.1 Å². The van der Waals surface area contributed by atoms with Crippen molar-refractivity contribution in [2.75, 3.05) is 27.4 Å². The van der Waals surface area contributed by atoms with E-state index >= 15 is 0 Å². The van der Waals surface area contributed by atoms with E-state index in [-0.39, 0.29) is 0 Å². The third-order valence-electron chi connectivity index (χ3n) is 1.76. The van der Waals surface area contributed by atoms with Gasteiger partial charge < -0.3 is 14.2 Å². The van der Waals surface area contributed by atoms with Gasteiger partial charge in [0.1, 0.15) is 0 Å². The fourth-order valence-electron chi connectivity index (χ4n) is 1.02. The summed E-state index contributed by atoms with van der Waals surface area (Å²) in [7, 11) is 3.25. The van der Waals surface area contributed by atoms with Crippen molar-refractivity contribution in [2.24, 2.45) is 0 Å². The zero-order valence-electron chi connectivity index (χ0n) is 10.5. The standard InChI is InChI=1S/C8H10O2.C6H10O/c1-9-7-5-3-4-6-8(7)10-2;1-3-5-7-6-4-2/h3-6H,1-2H3;3-4H,1-2,5-6H2. The van der Waals surface area contributed by atoms with Crippen LogP contribution in [0, 0.1) is 0 Å². The van der Waals surface area contributed by atoms with E-state index < -0.39 is 0 Å². The third-order valence-corrected chi connectivity index (χ3v) is 1.76. The van der Waals surface area contributed by atoms with Gasteiger partial charge in [0.25, 0.3) is 0 Å². The summed E-state index contributed by atoms with van der Waals surface area (Å²) in [6.07, 6.45) is 3.42. The maximum atomic E-state index is 5.01. The lowest BCUT2D eigenvalue weighted by Crippen LogP contribution is -1.88. The van der Waals surface area contributed by atoms with Gasteiger partial charge in [0.15, 0.2) is 11.5 Å². The summed E-state index contributed by atoms with van der Waals surface area (Å²) in [6, 6.07) is 7.53. The fraction of sp³-hybridized carbons (Fsp3) is 0.286. The summed E-state index contributed by atoms with van der Waals surface area (Å²) in [6.45, 7) is 8.18. The topological polar surface area (TPSA) is 27.7 Å². The first kappa shape index (κ1) is 15.3. The predicted octanol–water partition coefficient (Wildman–Crippen LogP) is 3.08. The highest BCUT2D eigenvalue weighted by Gasteiger charge is 1.97. The van der Waals surface area contributed by atoms with Gasteiger partial charge >= 0.3 is 0 Å². The van der Waals surface area contributed by atoms with Gasteiger partial charge in [0.05, 0.1) is 27.4 Å². The highest BCUT2D eigenvalue weighted by Crippen LogP contribution is 2.24. The van der Waals surface area contributed by atoms with Crippen LogP contribution in [0.1, 0.15) is 0 Å². The first-order chi connectivity index (χ1) is 8.29. The number of rotatable bonds is 6. The van der Waals surface area contributed by atoms with Crippen molar-refractivity contribution in [1.29, 1.82) is 0 Å². The van der Waals surface area contributed by atoms with E-state index in [0.29, 0.717) is 13.2 Å². The summed E-state index contributed by atoms with van der Waals surface area (Å²) in [5.41, 5.74) is 0. The molecule has 3 heteroatoms. The van der Waals surface area contributed by atoms with Crippen LogP contribution < -0.4 is 9.47 Å². The fourth-order valence-corrected chi connectivity index (χ4v) is 1.02. The molecule has 94 valence electrons. The minimum atomic E-state index is 0.617. The van der Waals surface area contributed by atoms with Crippen molar-refractivity contribution in [3.05, 3.63) is 49.6 Å². The van der Waals surface area contributed by atoms with E-state index in [1.54, 1.807) is 26.4 Å². The molecule has 0 spiro atoms. The van der Waals surface area contributed by atoms with Gasteiger partial charge in [-0.1, -0.05) is 24.3 Å². The number of hydrogen-bond donors (Lipinski definition) is 0. The van der Waals surface area contributed by atoms with Crippen LogP contribution in [-0.2, 0) is 4.74 Å². The van der Waals surface area contributed by atoms with Gasteiger partial charge in [0, 0.05) is 0 Å². The predicted molar refractivity (Wildman–Crippen MR) is 70.8 cm³/mol. The Bertz CT molecular complexity index is 290. The number of hydrogen-bond acceptors (Lipinski definition) is 3. The molecule has 0 aliphatic rings. The van der Waals surface area contributed by atoms with Gasteiger partial charge in [-0.3, -0.25) is 0 Å². The monoisotopic (exact) mass is 236 g/mol. The van der Waals surface area contributed by atoms with Crippen molar-refractivity contribution >= 4 is 0 Å². The molecule has 0 saturated carbocycles. The molecule has 0 atom stereocenters. The van der Waals surface area contributed by atoms with E-state index in [1.165, 1.54) is 0 Å². The number of para-hydroxylation sites is 2. The normalized spacial score (nSPS) is 8.59. The Labute approximate surface area is 103 Å². The van der Waals surface area contributed by atoms with Crippen LogP contribution in [0.3, 0.4) is 0 Å². The second-order valence-corrected chi connectivity index (χ2v) is 2.97. The molecule has 0 bridgehead atoms. The Balaban J connectivity index is 0.000000325. The molecule has 17 heavy (non-hydrogen) atoms. The second-order valence-electron chi connectivity index (χ2n) is 2.97. The Hall–Kier alpha value is -1.74. The van der Waals surface area contributed by atoms with Gasteiger partial charge in [-0.25, -0.2) is 0 Å². The molecule has 0 aliphatic carbocycles. The molecule has 0 saturated heterocycles. The summed E-state index contributed by atoms with van der Waals surface area (Å²) in [5.74, 6) is 1.54. The highest BCUT2D eigenvalue weighted by atomic mass is 16.5. The molecule has 3 nitrogen and oxygen atoms in total. The lowest BCUT2D eigenvalue weighted by Gasteiger charge is -2.04. The van der Waals surface area contributed by atoms with Crippen LogP contribution in [-0.4, -0.2) is 27.4 Å². The molecule has 1 rings (SSSR count). The van der Waals surface area contributed by atoms with Crippen LogP contribution in [0.5, 0.6) is 11.5 Å². The van der Waals surface area contributed by atoms with Crippen LogP contribution in [0.4, 0.5) is 0 Å². The van der Waals surface area contributed by atoms with E-state index in [9.17, 15) is 0 Å². The average molecular weight is 236 g/mol. The van der Waals surface area contributed by atoms with Crippen LogP contribution in [0.2, 0.25) is 0 Å². The molecular formula is C14H20O3. The first-order valence-electron chi connectivity index (χ1n) is 5.26. The molecule has 0 aromatic heterocycles. The first-order valence-corrected chi connectivity index (χ1v) is 5.26. The molecular weight excluding hydrogens is 216 g/mol. The zero-order valence-corrected chi connectivity index (χ0v) is 10.5. The summed E-state index contributed by atoms with van der Waals surface area (Å²) in [5, 5.41) is 0. The van der Waals surface area contributed by atoms with Gasteiger partial charge in [-0.2, -0.15) is 0 Å². The van der Waals surface area contributed by atoms with Crippen molar-refractivity contribution in [2.45, 2.75) is 0 Å². The number of methoxy groups -OCH3 is 2. The van der Waals surface area contributed by atoms with Crippen LogP contribution >= 0.6 is 0 Å². The largest absolute Gasteiger partial charge is 0.493 e. The Morgan fingerprint density at radius 2 is 1.35 bits per heavy atom. The molecule has 0 aliphatic heterocycles. The Morgan fingerprint density at radius 1 is 0.941 bits per heavy atom. The van der Waals surface area contributed by atoms with E-state index in [4.69, 9.17) is 14.2 Å². The molecule has 0 heterocycles. The lowest BCUT2D eigenvalue weighted by molar-refractivity contribution is 0.194. The Kier molecular flexibility index (Phi) is 9.67. The van der Waals surface area contributed by atoms with Crippen molar-refractivity contribution < 1.29 is 14.2 Å². The SMILES string of the molecule is C=CCOCC=C.COc1ccccc1OC. The summed E-state index contributed by atoms with van der Waals surface area (Å²) in [4.78, 5) is 0. The third kappa shape index (κ3) is 7.19. The number of ether oxygens (including phenoxy) is 3. The van der Waals surface area contributed by atoms with Crippen LogP contribution in [0.15, 0.2) is 49.6 Å². The molecule has 0 unspecified atom stereocenters. The van der Waals surface area contributed by atoms with Crippen molar-refractivity contribution in [3.8, 4) is 11.5 Å². The Morgan fingerprint density at radius 3 is 1.65 bits per heavy atom. The zero-order chi connectivity index (χ0) is 12.9. The molecule has 0 amide bonds. The molecule has 0 fully saturated rings. The quantitative estimate of drug-likeness (QED) is 0.561. The number of benzene rings is 1. The molecule has 1 aromatic rings. The smallest absolute Gasteiger partial charge is 0.160 e. The molecule has 0 N–H and O–H groups in total.